The highest BCUT2D eigenvalue weighted by Gasteiger charge is 2.08. The Balaban J connectivity index is 2.31. The molecule has 0 aliphatic rings. The standard InChI is InChI=1S/C12H6BrClFN3/c13-9-3-8(15)4-10(14)12(9)18-11-2-1-7(5-16)6-17-11/h1-4,6H,(H,17,18). The fourth-order valence-electron chi connectivity index (χ4n) is 1.32. The van der Waals surface area contributed by atoms with E-state index in [0.29, 0.717) is 21.5 Å². The van der Waals surface area contributed by atoms with Crippen molar-refractivity contribution in [2.75, 3.05) is 5.32 Å². The molecule has 0 aliphatic heterocycles. The Morgan fingerprint density at radius 1 is 1.39 bits per heavy atom. The normalized spacial score (nSPS) is 9.89. The molecule has 0 bridgehead atoms. The second-order valence-electron chi connectivity index (χ2n) is 3.41. The summed E-state index contributed by atoms with van der Waals surface area (Å²) in [6.07, 6.45) is 1.44. The highest BCUT2D eigenvalue weighted by atomic mass is 79.9. The van der Waals surface area contributed by atoms with Gasteiger partial charge in [-0.25, -0.2) is 9.37 Å². The summed E-state index contributed by atoms with van der Waals surface area (Å²) in [6.45, 7) is 0. The zero-order valence-electron chi connectivity index (χ0n) is 8.92. The molecule has 1 heterocycles. The zero-order valence-corrected chi connectivity index (χ0v) is 11.3. The van der Waals surface area contributed by atoms with Crippen molar-refractivity contribution in [3.63, 3.8) is 0 Å². The van der Waals surface area contributed by atoms with Crippen LogP contribution in [-0.4, -0.2) is 4.98 Å². The molecule has 0 spiro atoms. The molecule has 1 aromatic heterocycles. The first-order valence-corrected chi connectivity index (χ1v) is 6.05. The van der Waals surface area contributed by atoms with Crippen molar-refractivity contribution in [1.82, 2.24) is 4.98 Å². The summed E-state index contributed by atoms with van der Waals surface area (Å²) >= 11 is 9.15. The molecule has 0 saturated heterocycles. The van der Waals surface area contributed by atoms with Crippen LogP contribution in [0.1, 0.15) is 5.56 Å². The molecule has 1 aromatic carbocycles. The van der Waals surface area contributed by atoms with E-state index in [0.717, 1.165) is 0 Å². The van der Waals surface area contributed by atoms with Gasteiger partial charge < -0.3 is 5.32 Å². The lowest BCUT2D eigenvalue weighted by Gasteiger charge is -2.09. The molecule has 2 aromatic rings. The minimum Gasteiger partial charge on any atom is -0.338 e. The van der Waals surface area contributed by atoms with E-state index in [1.165, 1.54) is 18.3 Å². The highest BCUT2D eigenvalue weighted by Crippen LogP contribution is 2.33. The maximum atomic E-state index is 13.1. The molecule has 0 amide bonds. The summed E-state index contributed by atoms with van der Waals surface area (Å²) in [6, 6.07) is 7.75. The Morgan fingerprint density at radius 2 is 2.17 bits per heavy atom. The average Bonchev–Trinajstić information content (AvgIpc) is 2.34. The number of halogens is 3. The van der Waals surface area contributed by atoms with Gasteiger partial charge in [0.05, 0.1) is 16.3 Å². The first kappa shape index (κ1) is 12.8. The molecular weight excluding hydrogens is 321 g/mol. The highest BCUT2D eigenvalue weighted by molar-refractivity contribution is 9.10. The first-order chi connectivity index (χ1) is 8.60. The van der Waals surface area contributed by atoms with Gasteiger partial charge in [-0.05, 0) is 40.2 Å². The largest absolute Gasteiger partial charge is 0.338 e. The monoisotopic (exact) mass is 325 g/mol. The molecule has 90 valence electrons. The number of nitrogens with one attached hydrogen (secondary N) is 1. The molecule has 2 rings (SSSR count). The minimum atomic E-state index is -0.426. The van der Waals surface area contributed by atoms with Crippen molar-refractivity contribution in [3.05, 3.63) is 51.3 Å². The van der Waals surface area contributed by atoms with E-state index in [4.69, 9.17) is 16.9 Å². The predicted octanol–water partition coefficient (Wildman–Crippen LogP) is 4.25. The van der Waals surface area contributed by atoms with Crippen LogP contribution in [0.2, 0.25) is 5.02 Å². The third-order valence-corrected chi connectivity index (χ3v) is 3.08. The average molecular weight is 327 g/mol. The Kier molecular flexibility index (Phi) is 3.80. The lowest BCUT2D eigenvalue weighted by molar-refractivity contribution is 0.627. The van der Waals surface area contributed by atoms with Gasteiger partial charge >= 0.3 is 0 Å². The lowest BCUT2D eigenvalue weighted by atomic mass is 10.3. The summed E-state index contributed by atoms with van der Waals surface area (Å²) in [5.41, 5.74) is 0.986. The SMILES string of the molecule is N#Cc1ccc(Nc2c(Cl)cc(F)cc2Br)nc1. The van der Waals surface area contributed by atoms with Gasteiger partial charge in [0.1, 0.15) is 17.7 Å². The van der Waals surface area contributed by atoms with Crippen LogP contribution in [0, 0.1) is 17.1 Å². The van der Waals surface area contributed by atoms with Gasteiger partial charge in [0, 0.05) is 10.7 Å². The van der Waals surface area contributed by atoms with Gasteiger partial charge in [-0.3, -0.25) is 0 Å². The quantitative estimate of drug-likeness (QED) is 0.897. The van der Waals surface area contributed by atoms with Crippen LogP contribution >= 0.6 is 27.5 Å². The number of rotatable bonds is 2. The fraction of sp³-hybridized carbons (Fsp3) is 0. The number of aromatic nitrogens is 1. The molecule has 0 aliphatic carbocycles. The molecule has 0 unspecified atom stereocenters. The van der Waals surface area contributed by atoms with Crippen LogP contribution in [0.5, 0.6) is 0 Å². The van der Waals surface area contributed by atoms with E-state index in [2.05, 4.69) is 26.2 Å². The van der Waals surface area contributed by atoms with Crippen LogP contribution < -0.4 is 5.32 Å². The van der Waals surface area contributed by atoms with Crippen LogP contribution in [0.4, 0.5) is 15.9 Å². The Hall–Kier alpha value is -1.64. The predicted molar refractivity (Wildman–Crippen MR) is 71.3 cm³/mol. The van der Waals surface area contributed by atoms with Gasteiger partial charge in [0.2, 0.25) is 0 Å². The topological polar surface area (TPSA) is 48.7 Å². The van der Waals surface area contributed by atoms with Crippen molar-refractivity contribution in [2.24, 2.45) is 0 Å². The van der Waals surface area contributed by atoms with Crippen molar-refractivity contribution in [2.45, 2.75) is 0 Å². The Labute approximate surface area is 116 Å². The van der Waals surface area contributed by atoms with Crippen LogP contribution in [-0.2, 0) is 0 Å². The number of hydrogen-bond donors (Lipinski definition) is 1. The zero-order chi connectivity index (χ0) is 13.1. The van der Waals surface area contributed by atoms with Crippen molar-refractivity contribution >= 4 is 39.0 Å². The number of anilines is 2. The number of pyridine rings is 1. The first-order valence-electron chi connectivity index (χ1n) is 4.88. The molecule has 3 nitrogen and oxygen atoms in total. The van der Waals surface area contributed by atoms with Gasteiger partial charge in [-0.15, -0.1) is 0 Å². The van der Waals surface area contributed by atoms with Crippen molar-refractivity contribution in [3.8, 4) is 6.07 Å². The van der Waals surface area contributed by atoms with E-state index >= 15 is 0 Å². The maximum absolute atomic E-state index is 13.1. The van der Waals surface area contributed by atoms with Gasteiger partial charge in [0.15, 0.2) is 0 Å². The molecule has 1 N–H and O–H groups in total. The summed E-state index contributed by atoms with van der Waals surface area (Å²) < 4.78 is 13.6. The van der Waals surface area contributed by atoms with Crippen molar-refractivity contribution in [1.29, 1.82) is 5.26 Å². The molecule has 0 fully saturated rings. The van der Waals surface area contributed by atoms with E-state index in [1.807, 2.05) is 6.07 Å². The second kappa shape index (κ2) is 5.34. The van der Waals surface area contributed by atoms with E-state index in [1.54, 1.807) is 12.1 Å². The number of nitriles is 1. The molecule has 0 radical (unpaired) electrons. The number of benzene rings is 1. The summed E-state index contributed by atoms with van der Waals surface area (Å²) in [4.78, 5) is 4.04. The van der Waals surface area contributed by atoms with E-state index < -0.39 is 5.82 Å². The minimum absolute atomic E-state index is 0.244. The van der Waals surface area contributed by atoms with Crippen molar-refractivity contribution < 1.29 is 4.39 Å². The molecule has 0 atom stereocenters. The van der Waals surface area contributed by atoms with Gasteiger partial charge in [-0.1, -0.05) is 11.6 Å². The Bertz CT molecular complexity index is 599. The third kappa shape index (κ3) is 2.78. The third-order valence-electron chi connectivity index (χ3n) is 2.15. The summed E-state index contributed by atoms with van der Waals surface area (Å²) in [5.74, 6) is 0.0911. The molecule has 0 saturated carbocycles. The van der Waals surface area contributed by atoms with Crippen LogP contribution in [0.25, 0.3) is 0 Å². The molecule has 6 heteroatoms. The number of hydrogen-bond acceptors (Lipinski definition) is 3. The second-order valence-corrected chi connectivity index (χ2v) is 4.67. The maximum Gasteiger partial charge on any atom is 0.130 e. The summed E-state index contributed by atoms with van der Waals surface area (Å²) in [7, 11) is 0. The lowest BCUT2D eigenvalue weighted by Crippen LogP contribution is -1.96. The fourth-order valence-corrected chi connectivity index (χ4v) is 2.22. The summed E-state index contributed by atoms with van der Waals surface area (Å²) in [5, 5.41) is 11.9. The molecular formula is C12H6BrClFN3. The van der Waals surface area contributed by atoms with Crippen LogP contribution in [0.3, 0.4) is 0 Å². The van der Waals surface area contributed by atoms with E-state index in [9.17, 15) is 4.39 Å². The van der Waals surface area contributed by atoms with Gasteiger partial charge in [-0.2, -0.15) is 5.26 Å². The van der Waals surface area contributed by atoms with Crippen LogP contribution in [0.15, 0.2) is 34.9 Å². The van der Waals surface area contributed by atoms with Gasteiger partial charge in [0.25, 0.3) is 0 Å². The molecule has 18 heavy (non-hydrogen) atoms. The number of nitrogens with zero attached hydrogens (tertiary/aromatic N) is 2. The van der Waals surface area contributed by atoms with E-state index in [-0.39, 0.29) is 5.02 Å². The Morgan fingerprint density at radius 3 is 2.72 bits per heavy atom. The smallest absolute Gasteiger partial charge is 0.130 e.